The second kappa shape index (κ2) is 9.63. The summed E-state index contributed by atoms with van der Waals surface area (Å²) in [4.78, 5) is 8.64. The van der Waals surface area contributed by atoms with Crippen LogP contribution in [0.2, 0.25) is 0 Å². The molecule has 124 valence electrons. The van der Waals surface area contributed by atoms with Crippen molar-refractivity contribution in [3.8, 4) is 5.75 Å². The van der Waals surface area contributed by atoms with Gasteiger partial charge in [0.05, 0.1) is 7.11 Å². The van der Waals surface area contributed by atoms with E-state index >= 15 is 0 Å². The molecule has 6 nitrogen and oxygen atoms in total. The fourth-order valence-electron chi connectivity index (χ4n) is 2.12. The zero-order valence-corrected chi connectivity index (χ0v) is 13.7. The number of nitrogens with zero attached hydrogens (tertiary/aromatic N) is 2. The first-order valence-electron chi connectivity index (χ1n) is 7.74. The monoisotopic (exact) mass is 316 g/mol. The van der Waals surface area contributed by atoms with Gasteiger partial charge in [-0.1, -0.05) is 12.1 Å². The molecule has 0 fully saturated rings. The molecule has 0 unspecified atom stereocenters. The van der Waals surface area contributed by atoms with Gasteiger partial charge in [0.1, 0.15) is 11.6 Å². The van der Waals surface area contributed by atoms with Crippen LogP contribution in [0.5, 0.6) is 5.75 Å². The smallest absolute Gasteiger partial charge is 0.224 e. The van der Waals surface area contributed by atoms with Crippen LogP contribution >= 0.6 is 0 Å². The largest absolute Gasteiger partial charge is 0.497 e. The van der Waals surface area contributed by atoms with Crippen LogP contribution in [-0.4, -0.2) is 43.9 Å². The van der Waals surface area contributed by atoms with Crippen LogP contribution < -0.4 is 15.4 Å². The summed E-state index contributed by atoms with van der Waals surface area (Å²) in [5.41, 5.74) is 1.23. The predicted octanol–water partition coefficient (Wildman–Crippen LogP) is 2.59. The molecule has 0 aliphatic rings. The van der Waals surface area contributed by atoms with Crippen molar-refractivity contribution in [1.29, 1.82) is 0 Å². The number of methoxy groups -OCH3 is 2. The molecule has 2 rings (SSSR count). The first kappa shape index (κ1) is 17.0. The fourth-order valence-corrected chi connectivity index (χ4v) is 2.12. The van der Waals surface area contributed by atoms with E-state index in [0.29, 0.717) is 5.95 Å². The first-order valence-corrected chi connectivity index (χ1v) is 7.74. The maximum absolute atomic E-state index is 5.23. The lowest BCUT2D eigenvalue weighted by Gasteiger charge is -2.09. The van der Waals surface area contributed by atoms with Gasteiger partial charge in [0.25, 0.3) is 0 Å². The van der Waals surface area contributed by atoms with Gasteiger partial charge in [0.2, 0.25) is 5.95 Å². The summed E-state index contributed by atoms with van der Waals surface area (Å²) in [5.74, 6) is 2.33. The van der Waals surface area contributed by atoms with Crippen molar-refractivity contribution in [2.24, 2.45) is 0 Å². The molecule has 0 aliphatic heterocycles. The van der Waals surface area contributed by atoms with Crippen molar-refractivity contribution >= 4 is 11.8 Å². The van der Waals surface area contributed by atoms with Crippen LogP contribution in [0, 0.1) is 0 Å². The number of nitrogens with one attached hydrogen (secondary N) is 2. The highest BCUT2D eigenvalue weighted by Crippen LogP contribution is 2.13. The van der Waals surface area contributed by atoms with E-state index in [4.69, 9.17) is 9.47 Å². The summed E-state index contributed by atoms with van der Waals surface area (Å²) in [6, 6.07) is 9.95. The third kappa shape index (κ3) is 6.12. The molecule has 0 saturated carbocycles. The Morgan fingerprint density at radius 2 is 2.00 bits per heavy atom. The SMILES string of the molecule is COCCCNc1nccc(NCCc2cccc(OC)c2)n1. The van der Waals surface area contributed by atoms with E-state index in [2.05, 4.69) is 26.7 Å². The molecule has 0 bridgehead atoms. The highest BCUT2D eigenvalue weighted by Gasteiger charge is 2.00. The topological polar surface area (TPSA) is 68.3 Å². The standard InChI is InChI=1S/C17H24N4O2/c1-22-12-4-9-19-17-20-11-8-16(21-17)18-10-7-14-5-3-6-15(13-14)23-2/h3,5-6,8,11,13H,4,7,9-10,12H2,1-2H3,(H2,18,19,20,21). The van der Waals surface area contributed by atoms with Gasteiger partial charge >= 0.3 is 0 Å². The Labute approximate surface area is 137 Å². The summed E-state index contributed by atoms with van der Waals surface area (Å²) in [6.45, 7) is 2.32. The minimum atomic E-state index is 0.632. The molecule has 0 aliphatic carbocycles. The maximum Gasteiger partial charge on any atom is 0.224 e. The lowest BCUT2D eigenvalue weighted by molar-refractivity contribution is 0.197. The van der Waals surface area contributed by atoms with Gasteiger partial charge in [-0.25, -0.2) is 4.98 Å². The van der Waals surface area contributed by atoms with Crippen LogP contribution in [0.4, 0.5) is 11.8 Å². The Hall–Kier alpha value is -2.34. The molecule has 23 heavy (non-hydrogen) atoms. The van der Waals surface area contributed by atoms with Gasteiger partial charge in [-0.15, -0.1) is 0 Å². The van der Waals surface area contributed by atoms with E-state index in [1.165, 1.54) is 5.56 Å². The molecule has 0 saturated heterocycles. The van der Waals surface area contributed by atoms with Gasteiger partial charge in [0, 0.05) is 33.0 Å². The molecule has 2 aromatic rings. The van der Waals surface area contributed by atoms with Crippen molar-refractivity contribution in [3.05, 3.63) is 42.1 Å². The number of anilines is 2. The normalized spacial score (nSPS) is 10.3. The quantitative estimate of drug-likeness (QED) is 0.657. The average molecular weight is 316 g/mol. The third-order valence-corrected chi connectivity index (χ3v) is 3.32. The second-order valence-corrected chi connectivity index (χ2v) is 5.07. The minimum Gasteiger partial charge on any atom is -0.497 e. The van der Waals surface area contributed by atoms with Crippen LogP contribution in [-0.2, 0) is 11.2 Å². The van der Waals surface area contributed by atoms with E-state index in [1.807, 2.05) is 24.3 Å². The van der Waals surface area contributed by atoms with Gasteiger partial charge in [0.15, 0.2) is 0 Å². The van der Waals surface area contributed by atoms with Crippen molar-refractivity contribution < 1.29 is 9.47 Å². The molecule has 1 aromatic heterocycles. The van der Waals surface area contributed by atoms with Gasteiger partial charge < -0.3 is 20.1 Å². The predicted molar refractivity (Wildman–Crippen MR) is 92.2 cm³/mol. The first-order chi connectivity index (χ1) is 11.3. The Balaban J connectivity index is 1.78. The number of hydrogen-bond acceptors (Lipinski definition) is 6. The van der Waals surface area contributed by atoms with Crippen LogP contribution in [0.1, 0.15) is 12.0 Å². The number of aromatic nitrogens is 2. The fraction of sp³-hybridized carbons (Fsp3) is 0.412. The number of benzene rings is 1. The summed E-state index contributed by atoms with van der Waals surface area (Å²) < 4.78 is 10.2. The van der Waals surface area contributed by atoms with Crippen LogP contribution in [0.15, 0.2) is 36.5 Å². The lowest BCUT2D eigenvalue weighted by atomic mass is 10.1. The zero-order chi connectivity index (χ0) is 16.3. The van der Waals surface area contributed by atoms with E-state index in [9.17, 15) is 0 Å². The molecular weight excluding hydrogens is 292 g/mol. The highest BCUT2D eigenvalue weighted by atomic mass is 16.5. The molecule has 0 radical (unpaired) electrons. The molecule has 1 aromatic carbocycles. The number of ether oxygens (including phenoxy) is 2. The molecule has 6 heteroatoms. The Morgan fingerprint density at radius 1 is 1.09 bits per heavy atom. The Bertz CT molecular complexity index is 592. The summed E-state index contributed by atoms with van der Waals surface area (Å²) in [6.07, 6.45) is 3.57. The highest BCUT2D eigenvalue weighted by molar-refractivity contribution is 5.39. The Morgan fingerprint density at radius 3 is 2.83 bits per heavy atom. The van der Waals surface area contributed by atoms with E-state index < -0.39 is 0 Å². The van der Waals surface area contributed by atoms with Crippen molar-refractivity contribution in [3.63, 3.8) is 0 Å². The maximum atomic E-state index is 5.23. The zero-order valence-electron chi connectivity index (χ0n) is 13.7. The lowest BCUT2D eigenvalue weighted by Crippen LogP contribution is -2.10. The van der Waals surface area contributed by atoms with Crippen molar-refractivity contribution in [1.82, 2.24) is 9.97 Å². The van der Waals surface area contributed by atoms with Gasteiger partial charge in [-0.3, -0.25) is 0 Å². The molecule has 0 atom stereocenters. The second-order valence-electron chi connectivity index (χ2n) is 5.07. The number of hydrogen-bond donors (Lipinski definition) is 2. The van der Waals surface area contributed by atoms with Crippen molar-refractivity contribution in [2.45, 2.75) is 12.8 Å². The molecular formula is C17H24N4O2. The molecule has 2 N–H and O–H groups in total. The molecule has 0 spiro atoms. The van der Waals surface area contributed by atoms with E-state index in [-0.39, 0.29) is 0 Å². The van der Waals surface area contributed by atoms with E-state index in [1.54, 1.807) is 20.4 Å². The number of rotatable bonds is 10. The average Bonchev–Trinajstić information content (AvgIpc) is 2.59. The Kier molecular flexibility index (Phi) is 7.13. The molecule has 0 amide bonds. The van der Waals surface area contributed by atoms with Crippen molar-refractivity contribution in [2.75, 3.05) is 44.5 Å². The minimum absolute atomic E-state index is 0.632. The van der Waals surface area contributed by atoms with Crippen LogP contribution in [0.3, 0.4) is 0 Å². The van der Waals surface area contributed by atoms with Gasteiger partial charge in [-0.05, 0) is 36.6 Å². The third-order valence-electron chi connectivity index (χ3n) is 3.32. The summed E-state index contributed by atoms with van der Waals surface area (Å²) >= 11 is 0. The van der Waals surface area contributed by atoms with Gasteiger partial charge in [-0.2, -0.15) is 4.98 Å². The van der Waals surface area contributed by atoms with E-state index in [0.717, 1.165) is 44.1 Å². The summed E-state index contributed by atoms with van der Waals surface area (Å²) in [5, 5.41) is 6.50. The molecule has 1 heterocycles. The summed E-state index contributed by atoms with van der Waals surface area (Å²) in [7, 11) is 3.38. The van der Waals surface area contributed by atoms with Crippen LogP contribution in [0.25, 0.3) is 0 Å².